The highest BCUT2D eigenvalue weighted by Gasteiger charge is 2.18. The van der Waals surface area contributed by atoms with Gasteiger partial charge in [-0.3, -0.25) is 20.2 Å². The van der Waals surface area contributed by atoms with Gasteiger partial charge in [0.1, 0.15) is 0 Å². The first-order valence-corrected chi connectivity index (χ1v) is 7.38. The summed E-state index contributed by atoms with van der Waals surface area (Å²) in [7, 11) is 0. The van der Waals surface area contributed by atoms with Crippen molar-refractivity contribution in [3.05, 3.63) is 69.3 Å². The zero-order valence-corrected chi connectivity index (χ0v) is 13.8. The van der Waals surface area contributed by atoms with E-state index in [4.69, 9.17) is 12.2 Å². The first-order valence-electron chi connectivity index (χ1n) is 6.97. The van der Waals surface area contributed by atoms with Crippen LogP contribution in [0.2, 0.25) is 0 Å². The predicted molar refractivity (Wildman–Crippen MR) is 92.3 cm³/mol. The van der Waals surface area contributed by atoms with E-state index in [1.165, 1.54) is 49.4 Å². The third-order valence-corrected chi connectivity index (χ3v) is 3.56. The van der Waals surface area contributed by atoms with Gasteiger partial charge in [-0.05, 0) is 42.9 Å². The van der Waals surface area contributed by atoms with Gasteiger partial charge in [-0.15, -0.1) is 0 Å². The molecule has 2 rings (SSSR count). The molecule has 0 saturated heterocycles. The van der Waals surface area contributed by atoms with Crippen LogP contribution in [0.3, 0.4) is 0 Å². The van der Waals surface area contributed by atoms with Gasteiger partial charge in [0, 0.05) is 22.9 Å². The van der Waals surface area contributed by atoms with Gasteiger partial charge in [-0.1, -0.05) is 18.2 Å². The molecule has 25 heavy (non-hydrogen) atoms. The molecule has 8 nitrogen and oxygen atoms in total. The number of nitrogens with zero attached hydrogens (tertiary/aromatic N) is 1. The number of anilines is 1. The Bertz CT molecular complexity index is 865. The average molecular weight is 358 g/mol. The summed E-state index contributed by atoms with van der Waals surface area (Å²) in [5, 5.41) is 26.7. The van der Waals surface area contributed by atoms with Crippen LogP contribution in [-0.4, -0.2) is 21.9 Å². The SMILES string of the molecule is Cc1c(C(=O)NC(=S)Nc2ccc(C(=O)[O-])cc2)cccc1[N+](=O)[O-]. The zero-order chi connectivity index (χ0) is 18.6. The Hall–Kier alpha value is -3.33. The van der Waals surface area contributed by atoms with E-state index in [9.17, 15) is 24.8 Å². The maximum Gasteiger partial charge on any atom is 0.273 e. The van der Waals surface area contributed by atoms with Gasteiger partial charge in [0.05, 0.1) is 10.9 Å². The lowest BCUT2D eigenvalue weighted by molar-refractivity contribution is -0.385. The van der Waals surface area contributed by atoms with Crippen molar-refractivity contribution in [1.82, 2.24) is 5.32 Å². The molecule has 1 amide bonds. The molecule has 0 radical (unpaired) electrons. The Morgan fingerprint density at radius 1 is 1.12 bits per heavy atom. The number of hydrogen-bond donors (Lipinski definition) is 2. The smallest absolute Gasteiger partial charge is 0.273 e. The molecule has 0 bridgehead atoms. The minimum atomic E-state index is -1.30. The predicted octanol–water partition coefficient (Wildman–Crippen LogP) is 1.39. The number of thiocarbonyl (C=S) groups is 1. The Labute approximate surface area is 147 Å². The molecule has 0 aliphatic carbocycles. The first kappa shape index (κ1) is 18.0. The molecule has 0 aliphatic heterocycles. The first-order chi connectivity index (χ1) is 11.8. The normalized spacial score (nSPS) is 9.96. The highest BCUT2D eigenvalue weighted by molar-refractivity contribution is 7.80. The molecule has 0 spiro atoms. The van der Waals surface area contributed by atoms with Crippen LogP contribution in [0.5, 0.6) is 0 Å². The quantitative estimate of drug-likeness (QED) is 0.481. The highest BCUT2D eigenvalue weighted by atomic mass is 32.1. The second-order valence-electron chi connectivity index (χ2n) is 4.98. The molecule has 0 aliphatic rings. The van der Waals surface area contributed by atoms with Crippen LogP contribution >= 0.6 is 12.2 Å². The summed E-state index contributed by atoms with van der Waals surface area (Å²) in [6.45, 7) is 1.47. The van der Waals surface area contributed by atoms with Crippen LogP contribution in [0.15, 0.2) is 42.5 Å². The van der Waals surface area contributed by atoms with Crippen molar-refractivity contribution in [3.63, 3.8) is 0 Å². The second-order valence-corrected chi connectivity index (χ2v) is 5.39. The summed E-state index contributed by atoms with van der Waals surface area (Å²) < 4.78 is 0. The van der Waals surface area contributed by atoms with E-state index in [-0.39, 0.29) is 27.5 Å². The van der Waals surface area contributed by atoms with Crippen molar-refractivity contribution in [3.8, 4) is 0 Å². The van der Waals surface area contributed by atoms with Gasteiger partial charge in [-0.25, -0.2) is 0 Å². The molecule has 2 aromatic carbocycles. The number of hydrogen-bond acceptors (Lipinski definition) is 6. The number of carboxylic acid groups (broad SMARTS) is 1. The molecule has 9 heteroatoms. The molecule has 0 fully saturated rings. The molecular weight excluding hydrogens is 346 g/mol. The summed E-state index contributed by atoms with van der Waals surface area (Å²) in [4.78, 5) is 33.3. The third-order valence-electron chi connectivity index (χ3n) is 3.35. The molecule has 0 atom stereocenters. The molecule has 128 valence electrons. The van der Waals surface area contributed by atoms with Crippen LogP contribution in [0.4, 0.5) is 11.4 Å². The fourth-order valence-corrected chi connectivity index (χ4v) is 2.30. The number of aromatic carboxylic acids is 1. The lowest BCUT2D eigenvalue weighted by Crippen LogP contribution is -2.34. The van der Waals surface area contributed by atoms with Crippen LogP contribution in [-0.2, 0) is 0 Å². The number of carbonyl (C=O) groups excluding carboxylic acids is 2. The maximum atomic E-state index is 12.2. The Balaban J connectivity index is 2.08. The number of nitrogens with one attached hydrogen (secondary N) is 2. The van der Waals surface area contributed by atoms with Crippen molar-refractivity contribution in [2.75, 3.05) is 5.32 Å². The van der Waals surface area contributed by atoms with Crippen LogP contribution < -0.4 is 15.7 Å². The van der Waals surface area contributed by atoms with Crippen molar-refractivity contribution in [2.24, 2.45) is 0 Å². The standard InChI is InChI=1S/C16H13N3O5S/c1-9-12(3-2-4-13(9)19(23)24)14(20)18-16(25)17-11-7-5-10(6-8-11)15(21)22/h2-8H,1H3,(H,21,22)(H2,17,18,20,25)/p-1. The van der Waals surface area contributed by atoms with E-state index in [0.717, 1.165) is 0 Å². The van der Waals surface area contributed by atoms with Gasteiger partial charge in [-0.2, -0.15) is 0 Å². The van der Waals surface area contributed by atoms with Crippen molar-refractivity contribution in [2.45, 2.75) is 6.92 Å². The summed E-state index contributed by atoms with van der Waals surface area (Å²) in [5.41, 5.74) is 0.667. The monoisotopic (exact) mass is 358 g/mol. The lowest BCUT2D eigenvalue weighted by atomic mass is 10.1. The zero-order valence-electron chi connectivity index (χ0n) is 12.9. The van der Waals surface area contributed by atoms with Crippen LogP contribution in [0.1, 0.15) is 26.3 Å². The summed E-state index contributed by atoms with van der Waals surface area (Å²) in [5.74, 6) is -1.89. The molecule has 0 aromatic heterocycles. The van der Waals surface area contributed by atoms with E-state index in [1.807, 2.05) is 0 Å². The van der Waals surface area contributed by atoms with Crippen molar-refractivity contribution in [1.29, 1.82) is 0 Å². The number of carbonyl (C=O) groups is 2. The average Bonchev–Trinajstić information content (AvgIpc) is 2.54. The second kappa shape index (κ2) is 7.49. The summed E-state index contributed by atoms with van der Waals surface area (Å²) in [6, 6.07) is 9.75. The minimum absolute atomic E-state index is 0.00715. The number of benzene rings is 2. The molecular formula is C16H12N3O5S-. The number of nitro groups is 1. The molecule has 0 saturated carbocycles. The maximum absolute atomic E-state index is 12.2. The Morgan fingerprint density at radius 3 is 2.32 bits per heavy atom. The minimum Gasteiger partial charge on any atom is -0.545 e. The number of nitro benzene ring substituents is 1. The Kier molecular flexibility index (Phi) is 5.40. The van der Waals surface area contributed by atoms with Gasteiger partial charge >= 0.3 is 0 Å². The van der Waals surface area contributed by atoms with E-state index < -0.39 is 16.8 Å². The number of amides is 1. The Morgan fingerprint density at radius 2 is 1.76 bits per heavy atom. The molecule has 2 N–H and O–H groups in total. The third kappa shape index (κ3) is 4.36. The lowest BCUT2D eigenvalue weighted by Gasteiger charge is -2.11. The number of carboxylic acids is 1. The van der Waals surface area contributed by atoms with Gasteiger partial charge < -0.3 is 15.2 Å². The number of rotatable bonds is 4. The van der Waals surface area contributed by atoms with Crippen LogP contribution in [0, 0.1) is 17.0 Å². The largest absolute Gasteiger partial charge is 0.545 e. The van der Waals surface area contributed by atoms with Crippen molar-refractivity contribution >= 4 is 40.6 Å². The summed E-state index contributed by atoms with van der Waals surface area (Å²) in [6.07, 6.45) is 0. The summed E-state index contributed by atoms with van der Waals surface area (Å²) >= 11 is 5.02. The van der Waals surface area contributed by atoms with Crippen molar-refractivity contribution < 1.29 is 19.6 Å². The fourth-order valence-electron chi connectivity index (χ4n) is 2.09. The van der Waals surface area contributed by atoms with E-state index in [1.54, 1.807) is 0 Å². The molecule has 2 aromatic rings. The highest BCUT2D eigenvalue weighted by Crippen LogP contribution is 2.21. The fraction of sp³-hybridized carbons (Fsp3) is 0.0625. The van der Waals surface area contributed by atoms with Gasteiger partial charge in [0.15, 0.2) is 5.11 Å². The van der Waals surface area contributed by atoms with E-state index in [0.29, 0.717) is 5.69 Å². The molecule has 0 unspecified atom stereocenters. The topological polar surface area (TPSA) is 124 Å². The van der Waals surface area contributed by atoms with Gasteiger partial charge in [0.2, 0.25) is 0 Å². The van der Waals surface area contributed by atoms with Crippen LogP contribution in [0.25, 0.3) is 0 Å². The molecule has 0 heterocycles. The van der Waals surface area contributed by atoms with Gasteiger partial charge in [0.25, 0.3) is 11.6 Å². The van der Waals surface area contributed by atoms with E-state index >= 15 is 0 Å². The van der Waals surface area contributed by atoms with E-state index in [2.05, 4.69) is 10.6 Å².